The van der Waals surface area contributed by atoms with Crippen molar-refractivity contribution in [2.45, 2.75) is 19.8 Å². The summed E-state index contributed by atoms with van der Waals surface area (Å²) in [6, 6.07) is 0. The third-order valence-corrected chi connectivity index (χ3v) is 1.41. The van der Waals surface area contributed by atoms with E-state index >= 15 is 0 Å². The van der Waals surface area contributed by atoms with E-state index in [0.29, 0.717) is 0 Å². The molecule has 0 bridgehead atoms. The molecule has 1 N–H and O–H groups in total. The SMILES string of the molecule is CCCCN(C)C(=O)CO. The van der Waals surface area contributed by atoms with Crippen LogP contribution in [-0.2, 0) is 4.79 Å². The third kappa shape index (κ3) is 3.45. The minimum atomic E-state index is -0.375. The van der Waals surface area contributed by atoms with Crippen molar-refractivity contribution in [2.24, 2.45) is 0 Å². The maximum atomic E-state index is 10.7. The Morgan fingerprint density at radius 2 is 2.20 bits per heavy atom. The molecule has 10 heavy (non-hydrogen) atoms. The molecule has 0 aromatic heterocycles. The Balaban J connectivity index is 3.41. The van der Waals surface area contributed by atoms with E-state index in [1.165, 1.54) is 0 Å². The van der Waals surface area contributed by atoms with Gasteiger partial charge in [0, 0.05) is 13.6 Å². The average Bonchev–Trinajstić information content (AvgIpc) is 1.98. The van der Waals surface area contributed by atoms with E-state index in [4.69, 9.17) is 5.11 Å². The van der Waals surface area contributed by atoms with Gasteiger partial charge in [0.15, 0.2) is 0 Å². The molecule has 0 heterocycles. The zero-order valence-electron chi connectivity index (χ0n) is 6.63. The fourth-order valence-corrected chi connectivity index (χ4v) is 0.641. The summed E-state index contributed by atoms with van der Waals surface area (Å²) < 4.78 is 0. The van der Waals surface area contributed by atoms with E-state index < -0.39 is 0 Å². The fraction of sp³-hybridized carbons (Fsp3) is 0.857. The van der Waals surface area contributed by atoms with Crippen molar-refractivity contribution >= 4 is 5.91 Å². The first-order chi connectivity index (χ1) is 4.72. The number of hydrogen-bond acceptors (Lipinski definition) is 2. The van der Waals surface area contributed by atoms with Crippen LogP contribution in [-0.4, -0.2) is 36.1 Å². The molecule has 0 aromatic rings. The minimum Gasteiger partial charge on any atom is -0.387 e. The lowest BCUT2D eigenvalue weighted by atomic mass is 10.3. The zero-order valence-corrected chi connectivity index (χ0v) is 6.63. The van der Waals surface area contributed by atoms with Gasteiger partial charge in [-0.1, -0.05) is 13.3 Å². The Bertz CT molecular complexity index is 104. The van der Waals surface area contributed by atoms with Crippen molar-refractivity contribution in [1.82, 2.24) is 4.90 Å². The highest BCUT2D eigenvalue weighted by molar-refractivity contribution is 5.76. The molecule has 0 saturated heterocycles. The number of nitrogens with zero attached hydrogens (tertiary/aromatic N) is 1. The summed E-state index contributed by atoms with van der Waals surface area (Å²) in [5.41, 5.74) is 0. The van der Waals surface area contributed by atoms with Gasteiger partial charge in [-0.3, -0.25) is 4.79 Å². The van der Waals surface area contributed by atoms with Crippen molar-refractivity contribution in [3.05, 3.63) is 0 Å². The van der Waals surface area contributed by atoms with Gasteiger partial charge in [0.1, 0.15) is 6.61 Å². The summed E-state index contributed by atoms with van der Waals surface area (Å²) >= 11 is 0. The lowest BCUT2D eigenvalue weighted by Crippen LogP contribution is -2.29. The van der Waals surface area contributed by atoms with Crippen molar-refractivity contribution in [3.8, 4) is 0 Å². The molecule has 0 aliphatic heterocycles. The van der Waals surface area contributed by atoms with Crippen LogP contribution in [0.2, 0.25) is 0 Å². The summed E-state index contributed by atoms with van der Waals surface area (Å²) in [7, 11) is 1.70. The standard InChI is InChI=1S/C7H15NO2/c1-3-4-5-8(2)7(10)6-9/h9H,3-6H2,1-2H3. The van der Waals surface area contributed by atoms with Gasteiger partial charge in [0.2, 0.25) is 5.91 Å². The molecule has 0 fully saturated rings. The highest BCUT2D eigenvalue weighted by Crippen LogP contribution is 1.91. The molecule has 0 aliphatic carbocycles. The highest BCUT2D eigenvalue weighted by Gasteiger charge is 2.03. The molecular formula is C7H15NO2. The van der Waals surface area contributed by atoms with Crippen LogP contribution >= 0.6 is 0 Å². The van der Waals surface area contributed by atoms with Crippen LogP contribution in [0.1, 0.15) is 19.8 Å². The Morgan fingerprint density at radius 3 is 2.60 bits per heavy atom. The van der Waals surface area contributed by atoms with Crippen molar-refractivity contribution < 1.29 is 9.90 Å². The molecule has 3 heteroatoms. The van der Waals surface area contributed by atoms with Crippen LogP contribution in [0, 0.1) is 0 Å². The van der Waals surface area contributed by atoms with Crippen LogP contribution in [0.4, 0.5) is 0 Å². The number of hydrogen-bond donors (Lipinski definition) is 1. The Morgan fingerprint density at radius 1 is 1.60 bits per heavy atom. The summed E-state index contributed by atoms with van der Waals surface area (Å²) in [5.74, 6) is -0.201. The van der Waals surface area contributed by atoms with Crippen molar-refractivity contribution in [3.63, 3.8) is 0 Å². The first-order valence-corrected chi connectivity index (χ1v) is 3.57. The van der Waals surface area contributed by atoms with E-state index in [0.717, 1.165) is 19.4 Å². The molecule has 0 rings (SSSR count). The van der Waals surface area contributed by atoms with Gasteiger partial charge < -0.3 is 10.0 Å². The number of likely N-dealkylation sites (N-methyl/N-ethyl adjacent to an activating group) is 1. The molecule has 60 valence electrons. The molecule has 0 unspecified atom stereocenters. The van der Waals surface area contributed by atoms with Crippen LogP contribution in [0.5, 0.6) is 0 Å². The van der Waals surface area contributed by atoms with Crippen LogP contribution in [0.25, 0.3) is 0 Å². The van der Waals surface area contributed by atoms with Gasteiger partial charge in [0.25, 0.3) is 0 Å². The van der Waals surface area contributed by atoms with Crippen LogP contribution < -0.4 is 0 Å². The minimum absolute atomic E-state index is 0.201. The molecule has 1 amide bonds. The third-order valence-electron chi connectivity index (χ3n) is 1.41. The van der Waals surface area contributed by atoms with Crippen LogP contribution in [0.3, 0.4) is 0 Å². The zero-order chi connectivity index (χ0) is 7.98. The van der Waals surface area contributed by atoms with E-state index in [9.17, 15) is 4.79 Å². The predicted molar refractivity (Wildman–Crippen MR) is 39.6 cm³/mol. The smallest absolute Gasteiger partial charge is 0.248 e. The second kappa shape index (κ2) is 5.23. The Hall–Kier alpha value is -0.570. The molecule has 0 aliphatic rings. The number of carbonyl (C=O) groups excluding carboxylic acids is 1. The molecule has 0 spiro atoms. The number of aliphatic hydroxyl groups is 1. The fourth-order valence-electron chi connectivity index (χ4n) is 0.641. The summed E-state index contributed by atoms with van der Waals surface area (Å²) in [5, 5.41) is 8.41. The van der Waals surface area contributed by atoms with Crippen molar-refractivity contribution in [2.75, 3.05) is 20.2 Å². The summed E-state index contributed by atoms with van der Waals surface area (Å²) in [6.07, 6.45) is 2.07. The maximum absolute atomic E-state index is 10.7. The topological polar surface area (TPSA) is 40.5 Å². The molecule has 0 radical (unpaired) electrons. The lowest BCUT2D eigenvalue weighted by Gasteiger charge is -2.14. The van der Waals surface area contributed by atoms with Gasteiger partial charge in [-0.15, -0.1) is 0 Å². The Labute approximate surface area is 61.6 Å². The molecule has 3 nitrogen and oxygen atoms in total. The summed E-state index contributed by atoms with van der Waals surface area (Å²) in [4.78, 5) is 12.2. The monoisotopic (exact) mass is 145 g/mol. The predicted octanol–water partition coefficient (Wildman–Crippen LogP) is 0.237. The van der Waals surface area contributed by atoms with E-state index in [2.05, 4.69) is 6.92 Å². The molecular weight excluding hydrogens is 130 g/mol. The van der Waals surface area contributed by atoms with Crippen molar-refractivity contribution in [1.29, 1.82) is 0 Å². The second-order valence-corrected chi connectivity index (χ2v) is 2.33. The molecule has 0 saturated carbocycles. The van der Waals surface area contributed by atoms with Gasteiger partial charge >= 0.3 is 0 Å². The van der Waals surface area contributed by atoms with E-state index in [1.54, 1.807) is 11.9 Å². The number of amides is 1. The van der Waals surface area contributed by atoms with Gasteiger partial charge in [-0.25, -0.2) is 0 Å². The number of aliphatic hydroxyl groups excluding tert-OH is 1. The largest absolute Gasteiger partial charge is 0.387 e. The quantitative estimate of drug-likeness (QED) is 0.615. The maximum Gasteiger partial charge on any atom is 0.248 e. The average molecular weight is 145 g/mol. The van der Waals surface area contributed by atoms with E-state index in [1.807, 2.05) is 0 Å². The number of unbranched alkanes of at least 4 members (excludes halogenated alkanes) is 1. The number of carbonyl (C=O) groups is 1. The highest BCUT2D eigenvalue weighted by atomic mass is 16.3. The first-order valence-electron chi connectivity index (χ1n) is 3.57. The first kappa shape index (κ1) is 9.43. The lowest BCUT2D eigenvalue weighted by molar-refractivity contribution is -0.132. The second-order valence-electron chi connectivity index (χ2n) is 2.33. The van der Waals surface area contributed by atoms with E-state index in [-0.39, 0.29) is 12.5 Å². The molecule has 0 atom stereocenters. The van der Waals surface area contributed by atoms with Gasteiger partial charge in [-0.2, -0.15) is 0 Å². The summed E-state index contributed by atoms with van der Waals surface area (Å²) in [6.45, 7) is 2.44. The van der Waals surface area contributed by atoms with Gasteiger partial charge in [-0.05, 0) is 6.42 Å². The van der Waals surface area contributed by atoms with Gasteiger partial charge in [0.05, 0.1) is 0 Å². The number of rotatable bonds is 4. The molecule has 0 aromatic carbocycles. The normalized spacial score (nSPS) is 9.50. The Kier molecular flexibility index (Phi) is 4.94. The van der Waals surface area contributed by atoms with Crippen LogP contribution in [0.15, 0.2) is 0 Å².